The van der Waals surface area contributed by atoms with Gasteiger partial charge in [0.2, 0.25) is 0 Å². The Kier molecular flexibility index (Phi) is 5.09. The molecule has 1 aliphatic rings. The van der Waals surface area contributed by atoms with Crippen LogP contribution in [0.5, 0.6) is 5.75 Å². The molecule has 1 heterocycles. The molecule has 0 unspecified atom stereocenters. The third-order valence-electron chi connectivity index (χ3n) is 4.36. The number of allylic oxidation sites excluding steroid dienone is 2. The fourth-order valence-electron chi connectivity index (χ4n) is 3.15. The molecule has 5 heteroatoms. The third-order valence-corrected chi connectivity index (χ3v) is 4.77. The van der Waals surface area contributed by atoms with Crippen molar-refractivity contribution in [1.82, 2.24) is 4.98 Å². The number of aromatic nitrogens is 1. The van der Waals surface area contributed by atoms with E-state index in [1.165, 1.54) is 0 Å². The van der Waals surface area contributed by atoms with Crippen molar-refractivity contribution in [3.05, 3.63) is 57.9 Å². The topological polar surface area (TPSA) is 59.4 Å². The number of carbonyl (C=O) groups is 1. The van der Waals surface area contributed by atoms with Gasteiger partial charge in [0.05, 0.1) is 12.3 Å². The first-order valence-electron chi connectivity index (χ1n) is 8.37. The lowest BCUT2D eigenvalue weighted by atomic mass is 9.98. The predicted molar refractivity (Wildman–Crippen MR) is 98.7 cm³/mol. The Morgan fingerprint density at radius 2 is 2.04 bits per heavy atom. The number of hydrogen-bond acceptors (Lipinski definition) is 4. The lowest BCUT2D eigenvalue weighted by Gasteiger charge is -2.12. The van der Waals surface area contributed by atoms with E-state index in [2.05, 4.69) is 4.98 Å². The summed E-state index contributed by atoms with van der Waals surface area (Å²) in [7, 11) is 0. The van der Waals surface area contributed by atoms with Gasteiger partial charge in [0.1, 0.15) is 11.4 Å². The van der Waals surface area contributed by atoms with E-state index >= 15 is 0 Å². The number of halogens is 1. The van der Waals surface area contributed by atoms with Crippen LogP contribution in [-0.2, 0) is 4.74 Å². The van der Waals surface area contributed by atoms with E-state index in [1.54, 1.807) is 25.1 Å². The SMILES string of the molecule is CCOC(=O)c1cccc(C2=C(c3cc(Cl)c(C)cc3O)CCC2)n1. The summed E-state index contributed by atoms with van der Waals surface area (Å²) in [4.78, 5) is 16.4. The second-order valence-corrected chi connectivity index (χ2v) is 6.46. The molecule has 25 heavy (non-hydrogen) atoms. The summed E-state index contributed by atoms with van der Waals surface area (Å²) in [5, 5.41) is 11.0. The summed E-state index contributed by atoms with van der Waals surface area (Å²) in [6, 6.07) is 8.83. The molecule has 0 bridgehead atoms. The number of carbonyl (C=O) groups excluding carboxylic acids is 1. The van der Waals surface area contributed by atoms with Gasteiger partial charge in [0, 0.05) is 10.6 Å². The van der Waals surface area contributed by atoms with E-state index in [0.29, 0.717) is 17.3 Å². The highest BCUT2D eigenvalue weighted by molar-refractivity contribution is 6.31. The lowest BCUT2D eigenvalue weighted by molar-refractivity contribution is 0.0519. The second kappa shape index (κ2) is 7.28. The summed E-state index contributed by atoms with van der Waals surface area (Å²) in [6.45, 7) is 3.94. The minimum Gasteiger partial charge on any atom is -0.507 e. The van der Waals surface area contributed by atoms with Gasteiger partial charge in [-0.1, -0.05) is 17.7 Å². The average molecular weight is 358 g/mol. The molecule has 1 aromatic heterocycles. The summed E-state index contributed by atoms with van der Waals surface area (Å²) < 4.78 is 5.03. The zero-order valence-corrected chi connectivity index (χ0v) is 15.1. The fraction of sp³-hybridized carbons (Fsp3) is 0.300. The smallest absolute Gasteiger partial charge is 0.356 e. The second-order valence-electron chi connectivity index (χ2n) is 6.06. The van der Waals surface area contributed by atoms with Crippen molar-refractivity contribution >= 4 is 28.7 Å². The van der Waals surface area contributed by atoms with Crippen LogP contribution in [-0.4, -0.2) is 22.7 Å². The van der Waals surface area contributed by atoms with Gasteiger partial charge in [-0.2, -0.15) is 0 Å². The number of benzene rings is 1. The molecule has 4 nitrogen and oxygen atoms in total. The first kappa shape index (κ1) is 17.5. The number of ether oxygens (including phenoxy) is 1. The quantitative estimate of drug-likeness (QED) is 0.780. The molecule has 0 spiro atoms. The van der Waals surface area contributed by atoms with Crippen molar-refractivity contribution in [3.63, 3.8) is 0 Å². The number of aromatic hydroxyl groups is 1. The maximum absolute atomic E-state index is 11.9. The molecule has 0 saturated carbocycles. The van der Waals surface area contributed by atoms with E-state index in [1.807, 2.05) is 19.1 Å². The minimum absolute atomic E-state index is 0.220. The summed E-state index contributed by atoms with van der Waals surface area (Å²) in [5.74, 6) is -0.205. The van der Waals surface area contributed by atoms with Crippen LogP contribution in [0.15, 0.2) is 30.3 Å². The largest absolute Gasteiger partial charge is 0.507 e. The Labute approximate surface area is 152 Å². The van der Waals surface area contributed by atoms with E-state index in [0.717, 1.165) is 47.2 Å². The molecule has 0 atom stereocenters. The van der Waals surface area contributed by atoms with Crippen LogP contribution in [0.2, 0.25) is 5.02 Å². The highest BCUT2D eigenvalue weighted by atomic mass is 35.5. The Bertz CT molecular complexity index is 858. The fourth-order valence-corrected chi connectivity index (χ4v) is 3.32. The summed E-state index contributed by atoms with van der Waals surface area (Å²) >= 11 is 6.25. The van der Waals surface area contributed by atoms with Crippen LogP contribution in [0, 0.1) is 6.92 Å². The summed E-state index contributed by atoms with van der Waals surface area (Å²) in [5.41, 5.74) is 4.70. The molecule has 130 valence electrons. The van der Waals surface area contributed by atoms with Crippen molar-refractivity contribution < 1.29 is 14.6 Å². The normalized spacial score (nSPS) is 14.0. The Hall–Kier alpha value is -2.33. The molecular formula is C20H20ClNO3. The van der Waals surface area contributed by atoms with Crippen molar-refractivity contribution in [2.75, 3.05) is 6.61 Å². The molecule has 2 aromatic rings. The van der Waals surface area contributed by atoms with Gasteiger partial charge in [-0.15, -0.1) is 0 Å². The number of phenols is 1. The van der Waals surface area contributed by atoms with Crippen molar-refractivity contribution in [1.29, 1.82) is 0 Å². The monoisotopic (exact) mass is 357 g/mol. The van der Waals surface area contributed by atoms with Crippen molar-refractivity contribution in [2.45, 2.75) is 33.1 Å². The van der Waals surface area contributed by atoms with Crippen LogP contribution in [0.1, 0.15) is 53.5 Å². The number of pyridine rings is 1. The van der Waals surface area contributed by atoms with Gasteiger partial charge in [-0.25, -0.2) is 9.78 Å². The first-order valence-corrected chi connectivity index (χ1v) is 8.75. The molecule has 0 amide bonds. The van der Waals surface area contributed by atoms with Gasteiger partial charge in [-0.3, -0.25) is 0 Å². The highest BCUT2D eigenvalue weighted by Gasteiger charge is 2.22. The standard InChI is InChI=1S/C20H20ClNO3/c1-3-25-20(24)18-9-5-8-17(22-18)14-7-4-6-13(14)15-11-16(21)12(2)10-19(15)23/h5,8-11,23H,3-4,6-7H2,1-2H3. The third kappa shape index (κ3) is 3.54. The number of nitrogens with zero attached hydrogens (tertiary/aromatic N) is 1. The van der Waals surface area contributed by atoms with E-state index < -0.39 is 5.97 Å². The Morgan fingerprint density at radius 1 is 1.28 bits per heavy atom. The number of rotatable bonds is 4. The van der Waals surface area contributed by atoms with Gasteiger partial charge in [0.15, 0.2) is 0 Å². The van der Waals surface area contributed by atoms with Crippen LogP contribution in [0.3, 0.4) is 0 Å². The van der Waals surface area contributed by atoms with Crippen molar-refractivity contribution in [2.24, 2.45) is 0 Å². The van der Waals surface area contributed by atoms with E-state index in [9.17, 15) is 9.90 Å². The number of aryl methyl sites for hydroxylation is 1. The van der Waals surface area contributed by atoms with Gasteiger partial charge in [-0.05, 0) is 74.1 Å². The van der Waals surface area contributed by atoms with E-state index in [4.69, 9.17) is 16.3 Å². The molecule has 1 N–H and O–H groups in total. The Morgan fingerprint density at radius 3 is 2.80 bits per heavy atom. The van der Waals surface area contributed by atoms with Gasteiger partial charge in [0.25, 0.3) is 0 Å². The first-order chi connectivity index (χ1) is 12.0. The van der Waals surface area contributed by atoms with Gasteiger partial charge < -0.3 is 9.84 Å². The number of esters is 1. The minimum atomic E-state index is -0.425. The maximum Gasteiger partial charge on any atom is 0.356 e. The zero-order valence-electron chi connectivity index (χ0n) is 14.3. The molecule has 1 aromatic carbocycles. The molecular weight excluding hydrogens is 338 g/mol. The maximum atomic E-state index is 11.9. The zero-order chi connectivity index (χ0) is 18.0. The summed E-state index contributed by atoms with van der Waals surface area (Å²) in [6.07, 6.45) is 2.66. The van der Waals surface area contributed by atoms with E-state index in [-0.39, 0.29) is 5.75 Å². The number of hydrogen-bond donors (Lipinski definition) is 1. The van der Waals surface area contributed by atoms with Crippen molar-refractivity contribution in [3.8, 4) is 5.75 Å². The Balaban J connectivity index is 2.06. The van der Waals surface area contributed by atoms with Crippen LogP contribution >= 0.6 is 11.6 Å². The van der Waals surface area contributed by atoms with Gasteiger partial charge >= 0.3 is 5.97 Å². The molecule has 0 saturated heterocycles. The lowest BCUT2D eigenvalue weighted by Crippen LogP contribution is -2.08. The molecule has 1 aliphatic carbocycles. The number of phenolic OH excluding ortho intramolecular Hbond substituents is 1. The predicted octanol–water partition coefficient (Wildman–Crippen LogP) is 5.02. The molecule has 0 radical (unpaired) electrons. The molecule has 0 aliphatic heterocycles. The molecule has 0 fully saturated rings. The highest BCUT2D eigenvalue weighted by Crippen LogP contribution is 2.43. The average Bonchev–Trinajstić information content (AvgIpc) is 3.08. The van der Waals surface area contributed by atoms with Crippen LogP contribution in [0.25, 0.3) is 11.1 Å². The molecule has 3 rings (SSSR count). The van der Waals surface area contributed by atoms with Crippen LogP contribution < -0.4 is 0 Å². The van der Waals surface area contributed by atoms with Crippen LogP contribution in [0.4, 0.5) is 0 Å².